The number of Topliss-reactive ketones (excluding diaryl/α,β-unsaturated/α-hetero) is 1. The lowest BCUT2D eigenvalue weighted by Gasteiger charge is -2.25. The van der Waals surface area contributed by atoms with Gasteiger partial charge in [-0.05, 0) is 18.2 Å². The van der Waals surface area contributed by atoms with Gasteiger partial charge in [-0.3, -0.25) is 4.79 Å². The number of ketones is 1. The molecule has 0 bridgehead atoms. The number of hydrogen-bond acceptors (Lipinski definition) is 2. The average Bonchev–Trinajstić information content (AvgIpc) is 2.39. The van der Waals surface area contributed by atoms with E-state index in [1.165, 1.54) is 6.07 Å². The van der Waals surface area contributed by atoms with Crippen molar-refractivity contribution in [2.45, 2.75) is 12.5 Å². The van der Waals surface area contributed by atoms with E-state index in [0.29, 0.717) is 16.9 Å². The first-order chi connectivity index (χ1) is 8.75. The van der Waals surface area contributed by atoms with Gasteiger partial charge < -0.3 is 4.74 Å². The Morgan fingerprint density at radius 1 is 1.06 bits per heavy atom. The average molecular weight is 242 g/mol. The molecule has 0 unspecified atom stereocenters. The predicted octanol–water partition coefficient (Wildman–Crippen LogP) is 3.53. The number of halogens is 1. The Balaban J connectivity index is 2.00. The Hall–Kier alpha value is -2.16. The molecule has 0 saturated carbocycles. The van der Waals surface area contributed by atoms with Crippen molar-refractivity contribution in [2.75, 3.05) is 0 Å². The fraction of sp³-hybridized carbons (Fsp3) is 0.133. The summed E-state index contributed by atoms with van der Waals surface area (Å²) in [4.78, 5) is 12.0. The van der Waals surface area contributed by atoms with Crippen LogP contribution in [0, 0.1) is 5.82 Å². The molecule has 0 aliphatic carbocycles. The van der Waals surface area contributed by atoms with E-state index in [1.807, 2.05) is 0 Å². The fourth-order valence-electron chi connectivity index (χ4n) is 2.18. The van der Waals surface area contributed by atoms with Crippen LogP contribution in [0.3, 0.4) is 0 Å². The summed E-state index contributed by atoms with van der Waals surface area (Å²) in [6.07, 6.45) is -0.355. The monoisotopic (exact) mass is 242 g/mol. The number of para-hydroxylation sites is 1. The smallest absolute Gasteiger partial charge is 0.170 e. The first-order valence-electron chi connectivity index (χ1n) is 5.79. The zero-order chi connectivity index (χ0) is 12.5. The SMILES string of the molecule is O=C1C[C@@H](c2ccccc2F)Oc2ccccc21. The van der Waals surface area contributed by atoms with Gasteiger partial charge in [0.2, 0.25) is 0 Å². The summed E-state index contributed by atoms with van der Waals surface area (Å²) in [5.74, 6) is 0.182. The van der Waals surface area contributed by atoms with Crippen LogP contribution in [-0.2, 0) is 0 Å². The van der Waals surface area contributed by atoms with Crippen molar-refractivity contribution >= 4 is 5.78 Å². The Morgan fingerprint density at radius 2 is 1.78 bits per heavy atom. The van der Waals surface area contributed by atoms with Crippen LogP contribution >= 0.6 is 0 Å². The molecule has 3 heteroatoms. The Bertz CT molecular complexity index is 607. The Labute approximate surface area is 104 Å². The molecule has 0 radical (unpaired) electrons. The first-order valence-corrected chi connectivity index (χ1v) is 5.79. The molecule has 0 saturated heterocycles. The molecule has 1 aliphatic heterocycles. The first kappa shape index (κ1) is 11.0. The van der Waals surface area contributed by atoms with Crippen LogP contribution in [-0.4, -0.2) is 5.78 Å². The molecular formula is C15H11FO2. The maximum Gasteiger partial charge on any atom is 0.170 e. The lowest BCUT2D eigenvalue weighted by Crippen LogP contribution is -2.21. The van der Waals surface area contributed by atoms with E-state index < -0.39 is 6.10 Å². The van der Waals surface area contributed by atoms with Gasteiger partial charge in [0.15, 0.2) is 5.78 Å². The summed E-state index contributed by atoms with van der Waals surface area (Å²) in [5.41, 5.74) is 1.01. The van der Waals surface area contributed by atoms with Crippen LogP contribution in [0.15, 0.2) is 48.5 Å². The molecule has 0 amide bonds. The zero-order valence-electron chi connectivity index (χ0n) is 9.60. The molecule has 0 N–H and O–H groups in total. The van der Waals surface area contributed by atoms with Crippen molar-refractivity contribution in [2.24, 2.45) is 0 Å². The van der Waals surface area contributed by atoms with Crippen LogP contribution in [0.5, 0.6) is 5.75 Å². The van der Waals surface area contributed by atoms with Crippen molar-refractivity contribution in [3.05, 3.63) is 65.5 Å². The number of fused-ring (bicyclic) bond motifs is 1. The molecule has 18 heavy (non-hydrogen) atoms. The molecule has 1 aliphatic rings. The molecule has 0 spiro atoms. The van der Waals surface area contributed by atoms with E-state index in [-0.39, 0.29) is 18.0 Å². The third kappa shape index (κ3) is 1.78. The molecule has 2 nitrogen and oxygen atoms in total. The van der Waals surface area contributed by atoms with Gasteiger partial charge in [0.25, 0.3) is 0 Å². The van der Waals surface area contributed by atoms with Crippen LogP contribution < -0.4 is 4.74 Å². The van der Waals surface area contributed by atoms with Crippen LogP contribution in [0.25, 0.3) is 0 Å². The van der Waals surface area contributed by atoms with E-state index in [2.05, 4.69) is 0 Å². The van der Waals surface area contributed by atoms with Crippen LogP contribution in [0.2, 0.25) is 0 Å². The molecule has 0 aromatic heterocycles. The van der Waals surface area contributed by atoms with E-state index in [0.717, 1.165) is 0 Å². The number of carbonyl (C=O) groups excluding carboxylic acids is 1. The van der Waals surface area contributed by atoms with Gasteiger partial charge in [0, 0.05) is 5.56 Å². The number of benzene rings is 2. The van der Waals surface area contributed by atoms with Gasteiger partial charge in [-0.25, -0.2) is 4.39 Å². The van der Waals surface area contributed by atoms with E-state index in [4.69, 9.17) is 4.74 Å². The van der Waals surface area contributed by atoms with Gasteiger partial charge in [0.05, 0.1) is 12.0 Å². The largest absolute Gasteiger partial charge is 0.484 e. The highest BCUT2D eigenvalue weighted by Gasteiger charge is 2.28. The molecule has 90 valence electrons. The standard InChI is InChI=1S/C15H11FO2/c16-12-7-3-1-5-10(12)15-9-13(17)11-6-2-4-8-14(11)18-15/h1-8,15H,9H2/t15-/m0/s1. The molecule has 1 atom stereocenters. The molecule has 2 aromatic carbocycles. The second-order valence-corrected chi connectivity index (χ2v) is 4.25. The fourth-order valence-corrected chi connectivity index (χ4v) is 2.18. The quantitative estimate of drug-likeness (QED) is 0.764. The van der Waals surface area contributed by atoms with E-state index >= 15 is 0 Å². The number of ether oxygens (including phenoxy) is 1. The maximum absolute atomic E-state index is 13.7. The van der Waals surface area contributed by atoms with Crippen molar-refractivity contribution in [1.29, 1.82) is 0 Å². The summed E-state index contributed by atoms with van der Waals surface area (Å²) in [6.45, 7) is 0. The van der Waals surface area contributed by atoms with E-state index in [1.54, 1.807) is 42.5 Å². The lowest BCUT2D eigenvalue weighted by molar-refractivity contribution is 0.0846. The highest BCUT2D eigenvalue weighted by molar-refractivity contribution is 5.99. The van der Waals surface area contributed by atoms with Crippen molar-refractivity contribution in [3.8, 4) is 5.75 Å². The summed E-state index contributed by atoms with van der Waals surface area (Å²) < 4.78 is 19.4. The topological polar surface area (TPSA) is 26.3 Å². The van der Waals surface area contributed by atoms with Gasteiger partial charge in [-0.1, -0.05) is 30.3 Å². The summed E-state index contributed by atoms with van der Waals surface area (Å²) >= 11 is 0. The highest BCUT2D eigenvalue weighted by atomic mass is 19.1. The van der Waals surface area contributed by atoms with Gasteiger partial charge >= 0.3 is 0 Å². The third-order valence-electron chi connectivity index (χ3n) is 3.08. The van der Waals surface area contributed by atoms with Gasteiger partial charge in [-0.15, -0.1) is 0 Å². The number of carbonyl (C=O) groups is 1. The van der Waals surface area contributed by atoms with Gasteiger partial charge in [-0.2, -0.15) is 0 Å². The zero-order valence-corrected chi connectivity index (χ0v) is 9.60. The minimum atomic E-state index is -0.534. The van der Waals surface area contributed by atoms with Crippen LogP contribution in [0.4, 0.5) is 4.39 Å². The highest BCUT2D eigenvalue weighted by Crippen LogP contribution is 2.35. The molecule has 2 aromatic rings. The number of rotatable bonds is 1. The number of hydrogen-bond donors (Lipinski definition) is 0. The van der Waals surface area contributed by atoms with Crippen LogP contribution in [0.1, 0.15) is 28.4 Å². The minimum Gasteiger partial charge on any atom is -0.484 e. The maximum atomic E-state index is 13.7. The predicted molar refractivity (Wildman–Crippen MR) is 65.2 cm³/mol. The van der Waals surface area contributed by atoms with Gasteiger partial charge in [0.1, 0.15) is 17.7 Å². The third-order valence-corrected chi connectivity index (χ3v) is 3.08. The van der Waals surface area contributed by atoms with Crippen molar-refractivity contribution in [3.63, 3.8) is 0 Å². The molecular weight excluding hydrogens is 231 g/mol. The second kappa shape index (κ2) is 4.26. The molecule has 0 fully saturated rings. The molecule has 1 heterocycles. The summed E-state index contributed by atoms with van der Waals surface area (Å²) in [5, 5.41) is 0. The Kier molecular flexibility index (Phi) is 2.59. The normalized spacial score (nSPS) is 18.1. The molecule has 3 rings (SSSR count). The summed E-state index contributed by atoms with van der Waals surface area (Å²) in [6, 6.07) is 13.5. The lowest BCUT2D eigenvalue weighted by atomic mass is 9.96. The van der Waals surface area contributed by atoms with E-state index in [9.17, 15) is 9.18 Å². The summed E-state index contributed by atoms with van der Waals surface area (Å²) in [7, 11) is 0. The Morgan fingerprint density at radius 3 is 2.61 bits per heavy atom. The second-order valence-electron chi connectivity index (χ2n) is 4.25. The van der Waals surface area contributed by atoms with Crippen molar-refractivity contribution < 1.29 is 13.9 Å². The minimum absolute atomic E-state index is 0.00916. The van der Waals surface area contributed by atoms with Crippen molar-refractivity contribution in [1.82, 2.24) is 0 Å².